The maximum atomic E-state index is 12.7. The molecular weight excluding hydrogens is 374 g/mol. The van der Waals surface area contributed by atoms with Crippen molar-refractivity contribution in [2.75, 3.05) is 4.90 Å². The molecule has 4 rings (SSSR count). The lowest BCUT2D eigenvalue weighted by molar-refractivity contribution is -0.121. The van der Waals surface area contributed by atoms with Gasteiger partial charge < -0.3 is 4.57 Å². The van der Waals surface area contributed by atoms with E-state index in [2.05, 4.69) is 11.1 Å². The van der Waals surface area contributed by atoms with Crippen molar-refractivity contribution in [2.45, 2.75) is 33.2 Å². The lowest BCUT2D eigenvalue weighted by atomic mass is 10.2. The number of rotatable bonds is 3. The smallest absolute Gasteiger partial charge is 0.279 e. The first-order valence-electron chi connectivity index (χ1n) is 9.13. The van der Waals surface area contributed by atoms with Crippen LogP contribution in [0.4, 0.5) is 5.69 Å². The molecule has 1 aromatic heterocycles. The standard InChI is InChI=1S/C21H19N3O3S/c1-3-23-16-9-4-13(2)12-17(16)28-21(23)22-20(27)14-5-7-15(8-6-14)24-18(25)10-11-19(24)26/h4-9,12H,3,10-11H2,1-2H3. The van der Waals surface area contributed by atoms with Crippen LogP contribution in [0.5, 0.6) is 0 Å². The van der Waals surface area contributed by atoms with Crippen molar-refractivity contribution in [1.82, 2.24) is 4.57 Å². The quantitative estimate of drug-likeness (QED) is 0.640. The summed E-state index contributed by atoms with van der Waals surface area (Å²) in [6.45, 7) is 4.77. The van der Waals surface area contributed by atoms with Crippen LogP contribution in [0.3, 0.4) is 0 Å². The Kier molecular flexibility index (Phi) is 4.68. The number of thiazole rings is 1. The molecule has 0 unspecified atom stereocenters. The normalized spacial score (nSPS) is 15.1. The summed E-state index contributed by atoms with van der Waals surface area (Å²) in [4.78, 5) is 42.5. The Hall–Kier alpha value is -3.06. The second kappa shape index (κ2) is 7.16. The van der Waals surface area contributed by atoms with Crippen LogP contribution in [0.25, 0.3) is 10.2 Å². The van der Waals surface area contributed by atoms with Crippen LogP contribution in [-0.4, -0.2) is 22.3 Å². The summed E-state index contributed by atoms with van der Waals surface area (Å²) in [6, 6.07) is 12.6. The zero-order valence-corrected chi connectivity index (χ0v) is 16.5. The molecule has 2 heterocycles. The van der Waals surface area contributed by atoms with E-state index in [-0.39, 0.29) is 30.6 Å². The molecule has 3 amide bonds. The van der Waals surface area contributed by atoms with Crippen LogP contribution < -0.4 is 9.70 Å². The zero-order valence-electron chi connectivity index (χ0n) is 15.6. The van der Waals surface area contributed by atoms with Gasteiger partial charge in [-0.25, -0.2) is 0 Å². The summed E-state index contributed by atoms with van der Waals surface area (Å²) in [6.07, 6.45) is 0.467. The van der Waals surface area contributed by atoms with Crippen molar-refractivity contribution in [1.29, 1.82) is 0 Å². The molecule has 1 aliphatic rings. The van der Waals surface area contributed by atoms with E-state index in [1.165, 1.54) is 16.2 Å². The number of benzene rings is 2. The van der Waals surface area contributed by atoms with Crippen LogP contribution in [-0.2, 0) is 16.1 Å². The van der Waals surface area contributed by atoms with Crippen molar-refractivity contribution in [2.24, 2.45) is 4.99 Å². The summed E-state index contributed by atoms with van der Waals surface area (Å²) in [5, 5.41) is 0. The monoisotopic (exact) mass is 393 g/mol. The summed E-state index contributed by atoms with van der Waals surface area (Å²) >= 11 is 1.49. The molecule has 0 spiro atoms. The lowest BCUT2D eigenvalue weighted by Crippen LogP contribution is -2.28. The van der Waals surface area contributed by atoms with E-state index in [9.17, 15) is 14.4 Å². The minimum Gasteiger partial charge on any atom is -0.317 e. The molecule has 0 saturated carbocycles. The van der Waals surface area contributed by atoms with Gasteiger partial charge in [-0.3, -0.25) is 19.3 Å². The molecule has 6 nitrogen and oxygen atoms in total. The van der Waals surface area contributed by atoms with Gasteiger partial charge in [0, 0.05) is 24.9 Å². The number of imide groups is 1. The number of amides is 3. The van der Waals surface area contributed by atoms with Gasteiger partial charge in [0.2, 0.25) is 11.8 Å². The van der Waals surface area contributed by atoms with Crippen molar-refractivity contribution < 1.29 is 14.4 Å². The van der Waals surface area contributed by atoms with Gasteiger partial charge in [0.15, 0.2) is 4.80 Å². The van der Waals surface area contributed by atoms with Crippen molar-refractivity contribution in [3.8, 4) is 0 Å². The average Bonchev–Trinajstić information content (AvgIpc) is 3.20. The van der Waals surface area contributed by atoms with Crippen LogP contribution in [0, 0.1) is 6.92 Å². The van der Waals surface area contributed by atoms with E-state index in [4.69, 9.17) is 0 Å². The predicted molar refractivity (Wildman–Crippen MR) is 108 cm³/mol. The first-order chi connectivity index (χ1) is 13.5. The van der Waals surface area contributed by atoms with Gasteiger partial charge in [0.1, 0.15) is 0 Å². The number of carbonyl (C=O) groups is 3. The lowest BCUT2D eigenvalue weighted by Gasteiger charge is -2.13. The van der Waals surface area contributed by atoms with Gasteiger partial charge in [-0.05, 0) is 55.8 Å². The molecule has 7 heteroatoms. The maximum Gasteiger partial charge on any atom is 0.279 e. The Labute approximate surface area is 165 Å². The van der Waals surface area contributed by atoms with Crippen LogP contribution >= 0.6 is 11.3 Å². The molecule has 28 heavy (non-hydrogen) atoms. The first kappa shape index (κ1) is 18.3. The van der Waals surface area contributed by atoms with E-state index in [1.807, 2.05) is 30.5 Å². The maximum absolute atomic E-state index is 12.7. The number of nitrogens with zero attached hydrogens (tertiary/aromatic N) is 3. The average molecular weight is 393 g/mol. The third kappa shape index (κ3) is 3.18. The summed E-state index contributed by atoms with van der Waals surface area (Å²) < 4.78 is 3.11. The van der Waals surface area contributed by atoms with Gasteiger partial charge in [0.05, 0.1) is 15.9 Å². The van der Waals surface area contributed by atoms with E-state index in [0.29, 0.717) is 22.6 Å². The number of fused-ring (bicyclic) bond motifs is 1. The van der Waals surface area contributed by atoms with E-state index >= 15 is 0 Å². The minimum absolute atomic E-state index is 0.210. The molecular formula is C21H19N3O3S. The fourth-order valence-corrected chi connectivity index (χ4v) is 4.53. The third-order valence-corrected chi connectivity index (χ3v) is 5.82. The number of hydrogen-bond acceptors (Lipinski definition) is 4. The Balaban J connectivity index is 1.68. The Morgan fingerprint density at radius 3 is 2.39 bits per heavy atom. The molecule has 1 fully saturated rings. The summed E-state index contributed by atoms with van der Waals surface area (Å²) in [7, 11) is 0. The highest BCUT2D eigenvalue weighted by Gasteiger charge is 2.30. The fourth-order valence-electron chi connectivity index (χ4n) is 3.34. The molecule has 0 N–H and O–H groups in total. The Morgan fingerprint density at radius 1 is 1.07 bits per heavy atom. The second-order valence-corrected chi connectivity index (χ2v) is 7.70. The van der Waals surface area contributed by atoms with Crippen molar-refractivity contribution in [3.63, 3.8) is 0 Å². The van der Waals surface area contributed by atoms with E-state index in [1.54, 1.807) is 24.3 Å². The highest BCUT2D eigenvalue weighted by Crippen LogP contribution is 2.23. The Morgan fingerprint density at radius 2 is 1.75 bits per heavy atom. The molecule has 0 bridgehead atoms. The van der Waals surface area contributed by atoms with Gasteiger partial charge in [-0.2, -0.15) is 4.99 Å². The Bertz CT molecular complexity index is 1160. The van der Waals surface area contributed by atoms with Gasteiger partial charge in [0.25, 0.3) is 5.91 Å². The van der Waals surface area contributed by atoms with Gasteiger partial charge in [-0.15, -0.1) is 0 Å². The topological polar surface area (TPSA) is 71.7 Å². The molecule has 0 aliphatic carbocycles. The second-order valence-electron chi connectivity index (χ2n) is 6.69. The highest BCUT2D eigenvalue weighted by atomic mass is 32.1. The summed E-state index contributed by atoms with van der Waals surface area (Å²) in [5.74, 6) is -0.771. The van der Waals surface area contributed by atoms with Crippen LogP contribution in [0.15, 0.2) is 47.5 Å². The minimum atomic E-state index is -0.351. The van der Waals surface area contributed by atoms with Crippen LogP contribution in [0.1, 0.15) is 35.7 Å². The number of aryl methyl sites for hydroxylation is 2. The van der Waals surface area contributed by atoms with Crippen molar-refractivity contribution >= 4 is 45.0 Å². The number of anilines is 1. The molecule has 142 valence electrons. The van der Waals surface area contributed by atoms with Crippen LogP contribution in [0.2, 0.25) is 0 Å². The van der Waals surface area contributed by atoms with E-state index < -0.39 is 0 Å². The highest BCUT2D eigenvalue weighted by molar-refractivity contribution is 7.16. The SMILES string of the molecule is CCn1c(=NC(=O)c2ccc(N3C(=O)CCC3=O)cc2)sc2cc(C)ccc21. The molecule has 3 aromatic rings. The number of carbonyl (C=O) groups excluding carboxylic acids is 3. The van der Waals surface area contributed by atoms with Gasteiger partial charge in [-0.1, -0.05) is 17.4 Å². The molecule has 2 aromatic carbocycles. The summed E-state index contributed by atoms with van der Waals surface area (Å²) in [5.41, 5.74) is 3.13. The first-order valence-corrected chi connectivity index (χ1v) is 9.94. The fraction of sp³-hybridized carbons (Fsp3) is 0.238. The molecule has 1 saturated heterocycles. The zero-order chi connectivity index (χ0) is 19.8. The third-order valence-electron chi connectivity index (χ3n) is 4.78. The van der Waals surface area contributed by atoms with Gasteiger partial charge >= 0.3 is 0 Å². The number of aromatic nitrogens is 1. The molecule has 0 radical (unpaired) electrons. The largest absolute Gasteiger partial charge is 0.317 e. The predicted octanol–water partition coefficient (Wildman–Crippen LogP) is 3.43. The van der Waals surface area contributed by atoms with E-state index in [0.717, 1.165) is 15.8 Å². The molecule has 1 aliphatic heterocycles. The number of hydrogen-bond donors (Lipinski definition) is 0. The molecule has 0 atom stereocenters. The van der Waals surface area contributed by atoms with Crippen molar-refractivity contribution in [3.05, 3.63) is 58.4 Å².